The van der Waals surface area contributed by atoms with Crippen molar-refractivity contribution in [1.82, 2.24) is 4.90 Å². The number of nitrogens with zero attached hydrogens (tertiary/aromatic N) is 1. The summed E-state index contributed by atoms with van der Waals surface area (Å²) >= 11 is 0. The first-order valence-corrected chi connectivity index (χ1v) is 6.04. The summed E-state index contributed by atoms with van der Waals surface area (Å²) in [5, 5.41) is 0. The normalized spacial score (nSPS) is 32.6. The third-order valence-corrected chi connectivity index (χ3v) is 3.65. The molecular formula is C12H24N2O2. The maximum atomic E-state index is 12.2. The van der Waals surface area contributed by atoms with Gasteiger partial charge in [0, 0.05) is 26.2 Å². The maximum absolute atomic E-state index is 12.2. The van der Waals surface area contributed by atoms with Crippen LogP contribution in [-0.2, 0) is 9.53 Å². The Morgan fingerprint density at radius 1 is 1.50 bits per heavy atom. The number of rotatable bonds is 3. The molecule has 0 radical (unpaired) electrons. The summed E-state index contributed by atoms with van der Waals surface area (Å²) in [5.74, 6) is 1.14. The lowest BCUT2D eigenvalue weighted by molar-refractivity contribution is -0.147. The molecule has 0 aromatic heterocycles. The average Bonchev–Trinajstić information content (AvgIpc) is 2.24. The summed E-state index contributed by atoms with van der Waals surface area (Å²) in [6.07, 6.45) is 0.700. The van der Waals surface area contributed by atoms with E-state index in [4.69, 9.17) is 10.5 Å². The number of hydrogen-bond acceptors (Lipinski definition) is 3. The second-order valence-corrected chi connectivity index (χ2v) is 5.01. The Morgan fingerprint density at radius 2 is 2.12 bits per heavy atom. The van der Waals surface area contributed by atoms with Crippen LogP contribution in [0.15, 0.2) is 0 Å². The molecule has 1 saturated heterocycles. The van der Waals surface area contributed by atoms with E-state index in [1.54, 1.807) is 0 Å². The van der Waals surface area contributed by atoms with Crippen LogP contribution in [0.5, 0.6) is 0 Å². The van der Waals surface area contributed by atoms with Gasteiger partial charge in [0.05, 0.1) is 0 Å². The van der Waals surface area contributed by atoms with Crippen LogP contribution in [0.1, 0.15) is 27.2 Å². The smallest absolute Gasteiger partial charge is 0.253 e. The molecule has 0 aromatic rings. The van der Waals surface area contributed by atoms with E-state index in [9.17, 15) is 4.79 Å². The first-order chi connectivity index (χ1) is 7.51. The van der Waals surface area contributed by atoms with Crippen molar-refractivity contribution in [3.63, 3.8) is 0 Å². The standard InChI is InChI=1S/C12H24N2O2/c1-8-5-9(2)10(3)14(7-8)12(15)11(6-13)16-4/h8-11H,5-7,13H2,1-4H3. The van der Waals surface area contributed by atoms with Gasteiger partial charge in [-0.25, -0.2) is 0 Å². The predicted octanol–water partition coefficient (Wildman–Crippen LogP) is 0.853. The third kappa shape index (κ3) is 2.74. The molecule has 1 aliphatic heterocycles. The highest BCUT2D eigenvalue weighted by Gasteiger charge is 2.34. The van der Waals surface area contributed by atoms with Gasteiger partial charge in [0.2, 0.25) is 0 Å². The summed E-state index contributed by atoms with van der Waals surface area (Å²) in [4.78, 5) is 14.1. The summed E-state index contributed by atoms with van der Waals surface area (Å²) < 4.78 is 5.12. The van der Waals surface area contributed by atoms with Crippen LogP contribution in [-0.4, -0.2) is 43.2 Å². The zero-order chi connectivity index (χ0) is 12.3. The fraction of sp³-hybridized carbons (Fsp3) is 0.917. The Balaban J connectivity index is 2.73. The average molecular weight is 228 g/mol. The van der Waals surface area contributed by atoms with Crippen molar-refractivity contribution in [2.75, 3.05) is 20.2 Å². The second-order valence-electron chi connectivity index (χ2n) is 5.01. The van der Waals surface area contributed by atoms with Crippen LogP contribution >= 0.6 is 0 Å². The fourth-order valence-electron chi connectivity index (χ4n) is 2.49. The molecule has 94 valence electrons. The number of nitrogens with two attached hydrogens (primary N) is 1. The molecule has 2 N–H and O–H groups in total. The van der Waals surface area contributed by atoms with E-state index >= 15 is 0 Å². The van der Waals surface area contributed by atoms with Crippen molar-refractivity contribution in [2.24, 2.45) is 17.6 Å². The molecule has 1 heterocycles. The van der Waals surface area contributed by atoms with E-state index in [0.717, 1.165) is 6.54 Å². The monoisotopic (exact) mass is 228 g/mol. The van der Waals surface area contributed by atoms with E-state index in [1.807, 2.05) is 4.90 Å². The molecule has 0 bridgehead atoms. The van der Waals surface area contributed by atoms with Crippen molar-refractivity contribution < 1.29 is 9.53 Å². The third-order valence-electron chi connectivity index (χ3n) is 3.65. The number of methoxy groups -OCH3 is 1. The summed E-state index contributed by atoms with van der Waals surface area (Å²) in [7, 11) is 1.54. The largest absolute Gasteiger partial charge is 0.370 e. The first kappa shape index (κ1) is 13.5. The Labute approximate surface area is 98.1 Å². The lowest BCUT2D eigenvalue weighted by Crippen LogP contribution is -2.53. The molecule has 1 rings (SSSR count). The molecule has 4 unspecified atom stereocenters. The highest BCUT2D eigenvalue weighted by Crippen LogP contribution is 2.27. The molecule has 4 heteroatoms. The van der Waals surface area contributed by atoms with Crippen molar-refractivity contribution in [1.29, 1.82) is 0 Å². The number of hydrogen-bond donors (Lipinski definition) is 1. The fourth-order valence-corrected chi connectivity index (χ4v) is 2.49. The van der Waals surface area contributed by atoms with Crippen LogP contribution in [0.4, 0.5) is 0 Å². The van der Waals surface area contributed by atoms with Crippen molar-refractivity contribution in [2.45, 2.75) is 39.3 Å². The molecule has 0 aliphatic carbocycles. The minimum Gasteiger partial charge on any atom is -0.370 e. The first-order valence-electron chi connectivity index (χ1n) is 6.04. The number of amides is 1. The minimum absolute atomic E-state index is 0.0379. The second kappa shape index (κ2) is 5.64. The number of carbonyl (C=O) groups excluding carboxylic acids is 1. The van der Waals surface area contributed by atoms with E-state index in [0.29, 0.717) is 11.8 Å². The molecule has 1 fully saturated rings. The van der Waals surface area contributed by atoms with E-state index in [2.05, 4.69) is 20.8 Å². The predicted molar refractivity (Wildman–Crippen MR) is 64.0 cm³/mol. The van der Waals surface area contributed by atoms with Gasteiger partial charge in [-0.2, -0.15) is 0 Å². The Morgan fingerprint density at radius 3 is 2.62 bits per heavy atom. The van der Waals surface area contributed by atoms with Gasteiger partial charge >= 0.3 is 0 Å². The Bertz CT molecular complexity index is 241. The van der Waals surface area contributed by atoms with Crippen LogP contribution in [0, 0.1) is 11.8 Å². The highest BCUT2D eigenvalue weighted by atomic mass is 16.5. The zero-order valence-electron chi connectivity index (χ0n) is 10.8. The lowest BCUT2D eigenvalue weighted by Gasteiger charge is -2.42. The van der Waals surface area contributed by atoms with E-state index in [-0.39, 0.29) is 18.5 Å². The molecule has 1 aliphatic rings. The number of likely N-dealkylation sites (tertiary alicyclic amines) is 1. The molecule has 4 atom stereocenters. The molecule has 0 saturated carbocycles. The van der Waals surface area contributed by atoms with E-state index in [1.165, 1.54) is 13.5 Å². The molecule has 0 spiro atoms. The van der Waals surface area contributed by atoms with Gasteiger partial charge in [-0.1, -0.05) is 13.8 Å². The molecule has 0 aromatic carbocycles. The van der Waals surface area contributed by atoms with Gasteiger partial charge in [-0.15, -0.1) is 0 Å². The van der Waals surface area contributed by atoms with E-state index < -0.39 is 6.10 Å². The van der Waals surface area contributed by atoms with Gasteiger partial charge in [0.15, 0.2) is 0 Å². The van der Waals surface area contributed by atoms with Gasteiger partial charge in [-0.05, 0) is 25.2 Å². The van der Waals surface area contributed by atoms with Gasteiger partial charge < -0.3 is 15.4 Å². The molecule has 4 nitrogen and oxygen atoms in total. The SMILES string of the molecule is COC(CN)C(=O)N1CC(C)CC(C)C1C. The van der Waals surface area contributed by atoms with Gasteiger partial charge in [0.1, 0.15) is 6.10 Å². The van der Waals surface area contributed by atoms with Crippen molar-refractivity contribution in [3.05, 3.63) is 0 Å². The Kier molecular flexibility index (Phi) is 4.74. The number of carbonyl (C=O) groups is 1. The summed E-state index contributed by atoms with van der Waals surface area (Å²) in [5.41, 5.74) is 5.53. The zero-order valence-corrected chi connectivity index (χ0v) is 10.8. The highest BCUT2D eigenvalue weighted by molar-refractivity contribution is 5.81. The van der Waals surface area contributed by atoms with Crippen LogP contribution in [0.2, 0.25) is 0 Å². The van der Waals surface area contributed by atoms with Crippen molar-refractivity contribution in [3.8, 4) is 0 Å². The van der Waals surface area contributed by atoms with Crippen molar-refractivity contribution >= 4 is 5.91 Å². The number of piperidine rings is 1. The van der Waals surface area contributed by atoms with Gasteiger partial charge in [0.25, 0.3) is 5.91 Å². The quantitative estimate of drug-likeness (QED) is 0.779. The topological polar surface area (TPSA) is 55.6 Å². The summed E-state index contributed by atoms with van der Waals surface area (Å²) in [6, 6.07) is 0.285. The maximum Gasteiger partial charge on any atom is 0.253 e. The molecule has 16 heavy (non-hydrogen) atoms. The molecular weight excluding hydrogens is 204 g/mol. The lowest BCUT2D eigenvalue weighted by atomic mass is 9.85. The number of ether oxygens (including phenoxy) is 1. The van der Waals surface area contributed by atoms with Crippen LogP contribution in [0.3, 0.4) is 0 Å². The van der Waals surface area contributed by atoms with Crippen LogP contribution in [0.25, 0.3) is 0 Å². The Hall–Kier alpha value is -0.610. The van der Waals surface area contributed by atoms with Crippen LogP contribution < -0.4 is 5.73 Å². The molecule has 1 amide bonds. The summed E-state index contributed by atoms with van der Waals surface area (Å²) in [6.45, 7) is 7.57. The van der Waals surface area contributed by atoms with Gasteiger partial charge in [-0.3, -0.25) is 4.79 Å². The minimum atomic E-state index is -0.486.